The largest absolute Gasteiger partial charge is 0.451 e. The molecule has 0 aromatic heterocycles. The Labute approximate surface area is 110 Å². The summed E-state index contributed by atoms with van der Waals surface area (Å²) < 4.78 is 5.56. The van der Waals surface area contributed by atoms with E-state index in [1.807, 2.05) is 37.3 Å². The molecule has 1 aromatic rings. The van der Waals surface area contributed by atoms with Gasteiger partial charge in [0, 0.05) is 6.08 Å². The molecule has 0 aliphatic carbocycles. The number of ether oxygens (including phenoxy) is 1. The second-order valence-electron chi connectivity index (χ2n) is 4.68. The average Bonchev–Trinajstić information content (AvgIpc) is 2.40. The lowest BCUT2D eigenvalue weighted by atomic mass is 9.90. The number of esters is 1. The Morgan fingerprint density at radius 1 is 1.33 bits per heavy atom. The van der Waals surface area contributed by atoms with E-state index < -0.39 is 5.60 Å². The zero-order valence-corrected chi connectivity index (χ0v) is 11.3. The third-order valence-corrected chi connectivity index (χ3v) is 3.13. The predicted molar refractivity (Wildman–Crippen MR) is 74.2 cm³/mol. The fourth-order valence-corrected chi connectivity index (χ4v) is 2.02. The highest BCUT2D eigenvalue weighted by Crippen LogP contribution is 2.31. The number of benzene rings is 1. The van der Waals surface area contributed by atoms with Crippen LogP contribution in [0, 0.1) is 0 Å². The Bertz CT molecular complexity index is 383. The van der Waals surface area contributed by atoms with Crippen LogP contribution in [0.5, 0.6) is 0 Å². The van der Waals surface area contributed by atoms with Gasteiger partial charge in [-0.1, -0.05) is 56.7 Å². The maximum atomic E-state index is 11.5. The summed E-state index contributed by atoms with van der Waals surface area (Å²) in [6, 6.07) is 9.90. The van der Waals surface area contributed by atoms with Crippen LogP contribution in [0.3, 0.4) is 0 Å². The van der Waals surface area contributed by atoms with Crippen LogP contribution in [0.1, 0.15) is 45.1 Å². The first kappa shape index (κ1) is 14.5. The van der Waals surface area contributed by atoms with Crippen LogP contribution in [0.4, 0.5) is 0 Å². The summed E-state index contributed by atoms with van der Waals surface area (Å²) in [5.74, 6) is -0.363. The fraction of sp³-hybridized carbons (Fsp3) is 0.438. The molecular weight excluding hydrogens is 224 g/mol. The molecular formula is C16H22O2. The smallest absolute Gasteiger partial charge is 0.331 e. The fourth-order valence-electron chi connectivity index (χ4n) is 2.02. The Morgan fingerprint density at radius 2 is 2.00 bits per heavy atom. The van der Waals surface area contributed by atoms with Crippen LogP contribution in [-0.4, -0.2) is 5.97 Å². The maximum Gasteiger partial charge on any atom is 0.331 e. The molecule has 0 heterocycles. The van der Waals surface area contributed by atoms with Gasteiger partial charge < -0.3 is 4.74 Å². The van der Waals surface area contributed by atoms with Crippen molar-refractivity contribution in [1.82, 2.24) is 0 Å². The van der Waals surface area contributed by atoms with Crippen molar-refractivity contribution in [3.05, 3.63) is 48.6 Å². The van der Waals surface area contributed by atoms with E-state index in [1.165, 1.54) is 6.08 Å². The molecule has 2 heteroatoms. The normalized spacial score (nSPS) is 13.7. The zero-order chi connectivity index (χ0) is 13.4. The van der Waals surface area contributed by atoms with Crippen LogP contribution in [0.15, 0.2) is 43.0 Å². The SMILES string of the molecule is C=CC(=O)OC(C)(CCCCC)c1ccccc1. The minimum Gasteiger partial charge on any atom is -0.451 e. The van der Waals surface area contributed by atoms with Gasteiger partial charge in [0.05, 0.1) is 0 Å². The van der Waals surface area contributed by atoms with Gasteiger partial charge in [-0.3, -0.25) is 0 Å². The maximum absolute atomic E-state index is 11.5. The van der Waals surface area contributed by atoms with Crippen LogP contribution in [0.25, 0.3) is 0 Å². The molecule has 1 atom stereocenters. The summed E-state index contributed by atoms with van der Waals surface area (Å²) in [5.41, 5.74) is 0.484. The molecule has 18 heavy (non-hydrogen) atoms. The first-order chi connectivity index (χ1) is 8.62. The average molecular weight is 246 g/mol. The van der Waals surface area contributed by atoms with Gasteiger partial charge in [-0.2, -0.15) is 0 Å². The summed E-state index contributed by atoms with van der Waals surface area (Å²) in [4.78, 5) is 11.5. The molecule has 2 nitrogen and oxygen atoms in total. The third-order valence-electron chi connectivity index (χ3n) is 3.13. The Hall–Kier alpha value is -1.57. The van der Waals surface area contributed by atoms with Gasteiger partial charge in [-0.25, -0.2) is 4.79 Å². The van der Waals surface area contributed by atoms with E-state index in [4.69, 9.17) is 4.74 Å². The van der Waals surface area contributed by atoms with Crippen LogP contribution in [-0.2, 0) is 15.1 Å². The zero-order valence-electron chi connectivity index (χ0n) is 11.3. The Balaban J connectivity index is 2.86. The van der Waals surface area contributed by atoms with Gasteiger partial charge in [0.15, 0.2) is 0 Å². The molecule has 1 aromatic carbocycles. The van der Waals surface area contributed by atoms with Gasteiger partial charge in [0.2, 0.25) is 0 Å². The van der Waals surface area contributed by atoms with Crippen molar-refractivity contribution in [2.75, 3.05) is 0 Å². The molecule has 0 radical (unpaired) electrons. The number of hydrogen-bond donors (Lipinski definition) is 0. The minimum atomic E-state index is -0.554. The molecule has 0 saturated carbocycles. The summed E-state index contributed by atoms with van der Waals surface area (Å²) in [6.45, 7) is 7.59. The van der Waals surface area contributed by atoms with Crippen molar-refractivity contribution >= 4 is 5.97 Å². The molecule has 1 unspecified atom stereocenters. The number of carbonyl (C=O) groups excluding carboxylic acids is 1. The lowest BCUT2D eigenvalue weighted by Gasteiger charge is -2.29. The van der Waals surface area contributed by atoms with E-state index in [9.17, 15) is 4.79 Å². The van der Waals surface area contributed by atoms with E-state index in [-0.39, 0.29) is 5.97 Å². The predicted octanol–water partition coefficient (Wildman–Crippen LogP) is 4.21. The van der Waals surface area contributed by atoms with Gasteiger partial charge in [0.1, 0.15) is 5.60 Å². The van der Waals surface area contributed by atoms with Crippen molar-refractivity contribution < 1.29 is 9.53 Å². The number of unbranched alkanes of at least 4 members (excludes halogenated alkanes) is 2. The Morgan fingerprint density at radius 3 is 2.56 bits per heavy atom. The van der Waals surface area contributed by atoms with Crippen molar-refractivity contribution in [2.45, 2.75) is 45.1 Å². The highest BCUT2D eigenvalue weighted by molar-refractivity contribution is 5.81. The van der Waals surface area contributed by atoms with E-state index in [0.29, 0.717) is 0 Å². The molecule has 0 N–H and O–H groups in total. The second-order valence-corrected chi connectivity index (χ2v) is 4.68. The molecule has 0 spiro atoms. The quantitative estimate of drug-likeness (QED) is 0.409. The highest BCUT2D eigenvalue weighted by Gasteiger charge is 2.29. The second kappa shape index (κ2) is 7.00. The first-order valence-corrected chi connectivity index (χ1v) is 6.53. The number of carbonyl (C=O) groups is 1. The highest BCUT2D eigenvalue weighted by atomic mass is 16.6. The van der Waals surface area contributed by atoms with Crippen molar-refractivity contribution in [2.24, 2.45) is 0 Å². The van der Waals surface area contributed by atoms with Crippen molar-refractivity contribution in [1.29, 1.82) is 0 Å². The van der Waals surface area contributed by atoms with E-state index in [2.05, 4.69) is 13.5 Å². The van der Waals surface area contributed by atoms with E-state index in [1.54, 1.807) is 0 Å². The lowest BCUT2D eigenvalue weighted by molar-refractivity contribution is -0.153. The first-order valence-electron chi connectivity index (χ1n) is 6.53. The molecule has 0 bridgehead atoms. The molecule has 1 rings (SSSR count). The Kier molecular flexibility index (Phi) is 5.63. The third kappa shape index (κ3) is 4.02. The molecule has 0 saturated heterocycles. The standard InChI is InChI=1S/C16H22O2/c1-4-6-10-13-16(3,18-15(17)5-2)14-11-8-7-9-12-14/h5,7-9,11-12H,2,4,6,10,13H2,1,3H3. The topological polar surface area (TPSA) is 26.3 Å². The van der Waals surface area contributed by atoms with Crippen molar-refractivity contribution in [3.8, 4) is 0 Å². The molecule has 0 fully saturated rings. The summed E-state index contributed by atoms with van der Waals surface area (Å²) in [6.07, 6.45) is 5.41. The van der Waals surface area contributed by atoms with Crippen LogP contribution in [0.2, 0.25) is 0 Å². The molecule has 0 aliphatic rings. The minimum absolute atomic E-state index is 0.363. The van der Waals surface area contributed by atoms with Gasteiger partial charge >= 0.3 is 5.97 Å². The number of hydrogen-bond acceptors (Lipinski definition) is 2. The number of rotatable bonds is 7. The van der Waals surface area contributed by atoms with Crippen LogP contribution < -0.4 is 0 Å². The summed E-state index contributed by atoms with van der Waals surface area (Å²) in [5, 5.41) is 0. The van der Waals surface area contributed by atoms with Gasteiger partial charge in [-0.15, -0.1) is 0 Å². The van der Waals surface area contributed by atoms with Gasteiger partial charge in [0.25, 0.3) is 0 Å². The summed E-state index contributed by atoms with van der Waals surface area (Å²) in [7, 11) is 0. The van der Waals surface area contributed by atoms with Gasteiger partial charge in [-0.05, 0) is 25.3 Å². The molecule has 0 aliphatic heterocycles. The van der Waals surface area contributed by atoms with Crippen molar-refractivity contribution in [3.63, 3.8) is 0 Å². The molecule has 0 amide bonds. The molecule has 98 valence electrons. The van der Waals surface area contributed by atoms with E-state index in [0.717, 1.165) is 31.2 Å². The lowest BCUT2D eigenvalue weighted by Crippen LogP contribution is -2.28. The summed E-state index contributed by atoms with van der Waals surface area (Å²) >= 11 is 0. The van der Waals surface area contributed by atoms with E-state index >= 15 is 0 Å². The monoisotopic (exact) mass is 246 g/mol. The van der Waals surface area contributed by atoms with Crippen LogP contribution >= 0.6 is 0 Å².